The molecule has 0 spiro atoms. The zero-order valence-electron chi connectivity index (χ0n) is 9.62. The lowest BCUT2D eigenvalue weighted by Gasteiger charge is -2.23. The first-order valence-corrected chi connectivity index (χ1v) is 5.49. The van der Waals surface area contributed by atoms with Crippen LogP contribution in [0.4, 0.5) is 0 Å². The molecule has 0 aliphatic carbocycles. The molecule has 0 N–H and O–H groups in total. The molecular formula is C14H17N. The maximum Gasteiger partial charge on any atom is 0.0702 e. The van der Waals surface area contributed by atoms with Crippen LogP contribution in [0, 0.1) is 0 Å². The van der Waals surface area contributed by atoms with Gasteiger partial charge in [0, 0.05) is 11.6 Å². The van der Waals surface area contributed by atoms with E-state index in [2.05, 4.69) is 50.0 Å². The van der Waals surface area contributed by atoms with Crippen molar-refractivity contribution in [2.45, 2.75) is 32.6 Å². The van der Waals surface area contributed by atoms with Gasteiger partial charge in [-0.1, -0.05) is 32.9 Å². The quantitative estimate of drug-likeness (QED) is 0.714. The number of fused-ring (bicyclic) bond motifs is 1. The van der Waals surface area contributed by atoms with Crippen molar-refractivity contribution in [1.29, 1.82) is 0 Å². The van der Waals surface area contributed by atoms with Gasteiger partial charge >= 0.3 is 0 Å². The summed E-state index contributed by atoms with van der Waals surface area (Å²) < 4.78 is 0. The zero-order valence-corrected chi connectivity index (χ0v) is 9.62. The van der Waals surface area contributed by atoms with E-state index < -0.39 is 0 Å². The Morgan fingerprint density at radius 3 is 2.73 bits per heavy atom. The molecule has 2 aromatic rings. The minimum Gasteiger partial charge on any atom is -0.256 e. The third-order valence-electron chi connectivity index (χ3n) is 3.27. The van der Waals surface area contributed by atoms with Crippen LogP contribution in [0.1, 0.15) is 32.8 Å². The fraction of sp³-hybridized carbons (Fsp3) is 0.357. The third kappa shape index (κ3) is 1.87. The molecule has 0 saturated carbocycles. The van der Waals surface area contributed by atoms with Crippen molar-refractivity contribution >= 4 is 10.9 Å². The number of rotatable bonds is 2. The second kappa shape index (κ2) is 3.65. The molecule has 1 nitrogen and oxygen atoms in total. The van der Waals surface area contributed by atoms with Gasteiger partial charge in [0.2, 0.25) is 0 Å². The predicted octanol–water partition coefficient (Wildman–Crippen LogP) is 3.92. The number of pyridine rings is 1. The lowest BCUT2D eigenvalue weighted by atomic mass is 9.82. The molecule has 1 heteroatoms. The van der Waals surface area contributed by atoms with Crippen LogP contribution >= 0.6 is 0 Å². The molecule has 1 heterocycles. The van der Waals surface area contributed by atoms with Crippen molar-refractivity contribution in [3.8, 4) is 0 Å². The summed E-state index contributed by atoms with van der Waals surface area (Å²) in [7, 11) is 0. The Morgan fingerprint density at radius 2 is 2.00 bits per heavy atom. The number of hydrogen-bond acceptors (Lipinski definition) is 1. The van der Waals surface area contributed by atoms with E-state index in [0.29, 0.717) is 0 Å². The Balaban J connectivity index is 2.56. The summed E-state index contributed by atoms with van der Waals surface area (Å²) >= 11 is 0. The molecule has 0 atom stereocenters. The second-order valence-corrected chi connectivity index (χ2v) is 4.65. The van der Waals surface area contributed by atoms with Gasteiger partial charge in [0.05, 0.1) is 5.52 Å². The third-order valence-corrected chi connectivity index (χ3v) is 3.27. The maximum absolute atomic E-state index is 4.33. The number of aromatic nitrogens is 1. The first kappa shape index (κ1) is 10.2. The molecule has 0 aliphatic heterocycles. The highest BCUT2D eigenvalue weighted by molar-refractivity contribution is 5.79. The molecule has 0 saturated heterocycles. The highest BCUT2D eigenvalue weighted by Gasteiger charge is 2.17. The van der Waals surface area contributed by atoms with E-state index in [9.17, 15) is 0 Å². The van der Waals surface area contributed by atoms with Gasteiger partial charge in [-0.3, -0.25) is 4.98 Å². The summed E-state index contributed by atoms with van der Waals surface area (Å²) in [5.74, 6) is 0. The average molecular weight is 199 g/mol. The summed E-state index contributed by atoms with van der Waals surface area (Å²) in [4.78, 5) is 4.33. The van der Waals surface area contributed by atoms with E-state index in [1.807, 2.05) is 12.3 Å². The van der Waals surface area contributed by atoms with E-state index in [1.54, 1.807) is 0 Å². The van der Waals surface area contributed by atoms with Gasteiger partial charge in [0.1, 0.15) is 0 Å². The maximum atomic E-state index is 4.33. The summed E-state index contributed by atoms with van der Waals surface area (Å²) in [6.45, 7) is 6.79. The van der Waals surface area contributed by atoms with Gasteiger partial charge in [0.15, 0.2) is 0 Å². The summed E-state index contributed by atoms with van der Waals surface area (Å²) in [6.07, 6.45) is 2.99. The fourth-order valence-corrected chi connectivity index (χ4v) is 1.70. The molecule has 1 aromatic heterocycles. The topological polar surface area (TPSA) is 12.9 Å². The first-order chi connectivity index (χ1) is 7.13. The molecule has 2 rings (SSSR count). The van der Waals surface area contributed by atoms with Crippen LogP contribution in [-0.4, -0.2) is 4.98 Å². The minimum atomic E-state index is 0.254. The molecular weight excluding hydrogens is 182 g/mol. The average Bonchev–Trinajstić information content (AvgIpc) is 2.28. The predicted molar refractivity (Wildman–Crippen MR) is 65.1 cm³/mol. The highest BCUT2D eigenvalue weighted by atomic mass is 14.6. The minimum absolute atomic E-state index is 0.254. The molecule has 0 bridgehead atoms. The monoisotopic (exact) mass is 199 g/mol. The summed E-state index contributed by atoms with van der Waals surface area (Å²) in [5.41, 5.74) is 2.72. The van der Waals surface area contributed by atoms with Crippen LogP contribution in [-0.2, 0) is 5.41 Å². The lowest BCUT2D eigenvalue weighted by molar-refractivity contribution is 0.507. The zero-order chi connectivity index (χ0) is 10.9. The molecule has 0 radical (unpaired) electrons. The van der Waals surface area contributed by atoms with Crippen molar-refractivity contribution in [2.75, 3.05) is 0 Å². The van der Waals surface area contributed by atoms with E-state index in [1.165, 1.54) is 10.9 Å². The molecule has 15 heavy (non-hydrogen) atoms. The van der Waals surface area contributed by atoms with E-state index in [4.69, 9.17) is 0 Å². The van der Waals surface area contributed by atoms with Crippen molar-refractivity contribution in [3.05, 3.63) is 42.1 Å². The van der Waals surface area contributed by atoms with E-state index >= 15 is 0 Å². The fourth-order valence-electron chi connectivity index (χ4n) is 1.70. The van der Waals surface area contributed by atoms with Crippen LogP contribution in [0.2, 0.25) is 0 Å². The Bertz CT molecular complexity index is 471. The molecule has 0 unspecified atom stereocenters. The number of hydrogen-bond donors (Lipinski definition) is 0. The molecule has 0 aliphatic rings. The Labute approximate surface area is 91.2 Å². The Morgan fingerprint density at radius 1 is 1.20 bits per heavy atom. The SMILES string of the molecule is CCC(C)(C)c1ccc2ncccc2c1. The van der Waals surface area contributed by atoms with Crippen LogP contribution < -0.4 is 0 Å². The van der Waals surface area contributed by atoms with Gasteiger partial charge in [-0.25, -0.2) is 0 Å². The largest absolute Gasteiger partial charge is 0.256 e. The van der Waals surface area contributed by atoms with E-state index in [-0.39, 0.29) is 5.41 Å². The van der Waals surface area contributed by atoms with Crippen molar-refractivity contribution in [3.63, 3.8) is 0 Å². The molecule has 0 amide bonds. The van der Waals surface area contributed by atoms with Crippen LogP contribution in [0.25, 0.3) is 10.9 Å². The van der Waals surface area contributed by atoms with Crippen LogP contribution in [0.15, 0.2) is 36.5 Å². The normalized spacial score (nSPS) is 11.9. The summed E-state index contributed by atoms with van der Waals surface area (Å²) in [6, 6.07) is 10.7. The molecule has 0 fully saturated rings. The van der Waals surface area contributed by atoms with Gasteiger partial charge < -0.3 is 0 Å². The van der Waals surface area contributed by atoms with Crippen molar-refractivity contribution < 1.29 is 0 Å². The lowest BCUT2D eigenvalue weighted by Crippen LogP contribution is -2.15. The molecule has 1 aromatic carbocycles. The standard InChI is InChI=1S/C14H17N/c1-4-14(2,3)12-7-8-13-11(10-12)6-5-9-15-13/h5-10H,4H2,1-3H3. The molecule has 78 valence electrons. The van der Waals surface area contributed by atoms with Gasteiger partial charge in [-0.2, -0.15) is 0 Å². The van der Waals surface area contributed by atoms with Gasteiger partial charge in [-0.15, -0.1) is 0 Å². The first-order valence-electron chi connectivity index (χ1n) is 5.49. The van der Waals surface area contributed by atoms with Crippen LogP contribution in [0.3, 0.4) is 0 Å². The van der Waals surface area contributed by atoms with Crippen molar-refractivity contribution in [2.24, 2.45) is 0 Å². The van der Waals surface area contributed by atoms with Gasteiger partial charge in [0.25, 0.3) is 0 Å². The Kier molecular flexibility index (Phi) is 2.47. The smallest absolute Gasteiger partial charge is 0.0702 e. The number of benzene rings is 1. The van der Waals surface area contributed by atoms with Crippen molar-refractivity contribution in [1.82, 2.24) is 4.98 Å². The van der Waals surface area contributed by atoms with E-state index in [0.717, 1.165) is 11.9 Å². The van der Waals surface area contributed by atoms with Crippen LogP contribution in [0.5, 0.6) is 0 Å². The Hall–Kier alpha value is -1.37. The second-order valence-electron chi connectivity index (χ2n) is 4.65. The van der Waals surface area contributed by atoms with Gasteiger partial charge in [-0.05, 0) is 35.6 Å². The highest BCUT2D eigenvalue weighted by Crippen LogP contribution is 2.28. The summed E-state index contributed by atoms with van der Waals surface area (Å²) in [5, 5.41) is 1.23. The number of nitrogens with zero attached hydrogens (tertiary/aromatic N) is 1.